The molecule has 2 aromatic carbocycles. The second kappa shape index (κ2) is 5.74. The molecule has 2 heterocycles. The van der Waals surface area contributed by atoms with E-state index in [2.05, 4.69) is 21.2 Å². The zero-order chi connectivity index (χ0) is 17.6. The highest BCUT2D eigenvalue weighted by Crippen LogP contribution is 2.33. The minimum Gasteiger partial charge on any atom is -0.458 e. The molecule has 0 spiro atoms. The lowest BCUT2D eigenvalue weighted by Gasteiger charge is -2.19. The Morgan fingerprint density at radius 1 is 1.12 bits per heavy atom. The van der Waals surface area contributed by atoms with Crippen LogP contribution in [0.25, 0.3) is 11.0 Å². The number of furan rings is 1. The summed E-state index contributed by atoms with van der Waals surface area (Å²) in [6, 6.07) is 16.4. The number of rotatable bonds is 3. The van der Waals surface area contributed by atoms with Crippen molar-refractivity contribution in [2.24, 2.45) is 0 Å². The first-order chi connectivity index (χ1) is 12.0. The molecule has 3 amide bonds. The molecule has 6 heteroatoms. The van der Waals surface area contributed by atoms with Gasteiger partial charge >= 0.3 is 6.03 Å². The fraction of sp³-hybridized carbons (Fsp3) is 0.158. The van der Waals surface area contributed by atoms with Crippen molar-refractivity contribution in [2.75, 3.05) is 0 Å². The third-order valence-corrected chi connectivity index (χ3v) is 4.98. The van der Waals surface area contributed by atoms with E-state index in [0.717, 1.165) is 15.4 Å². The zero-order valence-corrected chi connectivity index (χ0v) is 15.0. The van der Waals surface area contributed by atoms with E-state index in [4.69, 9.17) is 4.42 Å². The molecule has 0 saturated carbocycles. The van der Waals surface area contributed by atoms with Crippen LogP contribution in [0.1, 0.15) is 18.2 Å². The van der Waals surface area contributed by atoms with Gasteiger partial charge in [0.05, 0.1) is 6.54 Å². The Balaban J connectivity index is 1.66. The summed E-state index contributed by atoms with van der Waals surface area (Å²) in [6.45, 7) is 1.89. The standard InChI is InChI=1S/C19H15BrN2O3/c1-19(16-10-13-4-2-3-5-15(13)25-16)17(23)22(18(24)21-19)11-12-6-8-14(20)9-7-12/h2-10H,11H2,1H3,(H,21,24). The molecule has 1 saturated heterocycles. The lowest BCUT2D eigenvalue weighted by Crippen LogP contribution is -2.40. The number of nitrogens with one attached hydrogen (secondary N) is 1. The summed E-state index contributed by atoms with van der Waals surface area (Å²) in [5.74, 6) is 0.116. The summed E-state index contributed by atoms with van der Waals surface area (Å²) in [5.41, 5.74) is 0.360. The van der Waals surface area contributed by atoms with Crippen molar-refractivity contribution in [3.8, 4) is 0 Å². The van der Waals surface area contributed by atoms with E-state index >= 15 is 0 Å². The van der Waals surface area contributed by atoms with Crippen molar-refractivity contribution in [1.82, 2.24) is 10.2 Å². The lowest BCUT2D eigenvalue weighted by molar-refractivity contribution is -0.132. The maximum absolute atomic E-state index is 13.0. The van der Waals surface area contributed by atoms with Gasteiger partial charge in [0.2, 0.25) is 0 Å². The monoisotopic (exact) mass is 398 g/mol. The summed E-state index contributed by atoms with van der Waals surface area (Å²) in [5, 5.41) is 3.67. The van der Waals surface area contributed by atoms with E-state index in [1.165, 1.54) is 4.90 Å². The first-order valence-electron chi connectivity index (χ1n) is 7.85. The molecule has 4 rings (SSSR count). The van der Waals surface area contributed by atoms with E-state index in [0.29, 0.717) is 11.3 Å². The highest BCUT2D eigenvalue weighted by Gasteiger charge is 2.51. The number of benzene rings is 2. The van der Waals surface area contributed by atoms with Crippen molar-refractivity contribution in [2.45, 2.75) is 19.0 Å². The maximum Gasteiger partial charge on any atom is 0.325 e. The molecule has 1 fully saturated rings. The molecule has 126 valence electrons. The molecule has 3 aromatic rings. The number of hydrogen-bond donors (Lipinski definition) is 1. The van der Waals surface area contributed by atoms with Crippen molar-refractivity contribution in [3.05, 3.63) is 70.4 Å². The molecular formula is C19H15BrN2O3. The van der Waals surface area contributed by atoms with Gasteiger partial charge in [0.25, 0.3) is 5.91 Å². The van der Waals surface area contributed by atoms with E-state index in [-0.39, 0.29) is 12.5 Å². The van der Waals surface area contributed by atoms with Crippen molar-refractivity contribution in [3.63, 3.8) is 0 Å². The molecule has 0 aliphatic carbocycles. The fourth-order valence-corrected chi connectivity index (χ4v) is 3.27. The predicted molar refractivity (Wildman–Crippen MR) is 96.8 cm³/mol. The minimum atomic E-state index is -1.20. The summed E-state index contributed by atoms with van der Waals surface area (Å²) >= 11 is 3.38. The molecular weight excluding hydrogens is 384 g/mol. The maximum atomic E-state index is 13.0. The fourth-order valence-electron chi connectivity index (χ4n) is 3.01. The van der Waals surface area contributed by atoms with Gasteiger partial charge < -0.3 is 9.73 Å². The van der Waals surface area contributed by atoms with Gasteiger partial charge in [0, 0.05) is 9.86 Å². The minimum absolute atomic E-state index is 0.216. The molecule has 5 nitrogen and oxygen atoms in total. The number of carbonyl (C=O) groups is 2. The quantitative estimate of drug-likeness (QED) is 0.673. The average molecular weight is 399 g/mol. The number of carbonyl (C=O) groups excluding carboxylic acids is 2. The number of fused-ring (bicyclic) bond motifs is 1. The number of imide groups is 1. The third-order valence-electron chi connectivity index (χ3n) is 4.45. The van der Waals surface area contributed by atoms with Crippen LogP contribution in [-0.4, -0.2) is 16.8 Å². The summed E-state index contributed by atoms with van der Waals surface area (Å²) in [4.78, 5) is 26.6. The summed E-state index contributed by atoms with van der Waals surface area (Å²) in [7, 11) is 0. The smallest absolute Gasteiger partial charge is 0.325 e. The van der Waals surface area contributed by atoms with Gasteiger partial charge in [-0.2, -0.15) is 0 Å². The van der Waals surface area contributed by atoms with Crippen LogP contribution in [0.5, 0.6) is 0 Å². The number of nitrogens with zero attached hydrogens (tertiary/aromatic N) is 1. The molecule has 1 atom stereocenters. The summed E-state index contributed by atoms with van der Waals surface area (Å²) < 4.78 is 6.76. The van der Waals surface area contributed by atoms with E-state index in [9.17, 15) is 9.59 Å². The van der Waals surface area contributed by atoms with Gasteiger partial charge in [-0.1, -0.05) is 46.3 Å². The Morgan fingerprint density at radius 3 is 2.56 bits per heavy atom. The highest BCUT2D eigenvalue weighted by molar-refractivity contribution is 9.10. The number of hydrogen-bond acceptors (Lipinski definition) is 3. The molecule has 1 aliphatic heterocycles. The molecule has 1 unspecified atom stereocenters. The Labute approximate surface area is 152 Å². The second-order valence-corrected chi connectivity index (χ2v) is 7.14. The molecule has 1 N–H and O–H groups in total. The molecule has 0 bridgehead atoms. The van der Waals surface area contributed by atoms with Gasteiger partial charge in [-0.25, -0.2) is 4.79 Å². The third kappa shape index (κ3) is 2.62. The first kappa shape index (κ1) is 15.9. The van der Waals surface area contributed by atoms with Crippen molar-refractivity contribution in [1.29, 1.82) is 0 Å². The predicted octanol–water partition coefficient (Wildman–Crippen LogP) is 4.16. The van der Waals surface area contributed by atoms with Crippen LogP contribution in [0.2, 0.25) is 0 Å². The lowest BCUT2D eigenvalue weighted by atomic mass is 9.98. The van der Waals surface area contributed by atoms with Crippen LogP contribution < -0.4 is 5.32 Å². The highest BCUT2D eigenvalue weighted by atomic mass is 79.9. The topological polar surface area (TPSA) is 62.6 Å². The van der Waals surface area contributed by atoms with Crippen LogP contribution in [-0.2, 0) is 16.9 Å². The molecule has 1 aliphatic rings. The Kier molecular flexibility index (Phi) is 3.65. The second-order valence-electron chi connectivity index (χ2n) is 6.22. The van der Waals surface area contributed by atoms with Crippen LogP contribution in [0.3, 0.4) is 0 Å². The van der Waals surface area contributed by atoms with Gasteiger partial charge in [-0.3, -0.25) is 9.69 Å². The Hall–Kier alpha value is -2.60. The van der Waals surface area contributed by atoms with Crippen molar-refractivity contribution < 1.29 is 14.0 Å². The van der Waals surface area contributed by atoms with E-state index in [1.807, 2.05) is 48.5 Å². The summed E-state index contributed by atoms with van der Waals surface area (Å²) in [6.07, 6.45) is 0. The average Bonchev–Trinajstić information content (AvgIpc) is 3.13. The Morgan fingerprint density at radius 2 is 1.84 bits per heavy atom. The van der Waals surface area contributed by atoms with Gasteiger partial charge in [-0.15, -0.1) is 0 Å². The largest absolute Gasteiger partial charge is 0.458 e. The van der Waals surface area contributed by atoms with Crippen LogP contribution >= 0.6 is 15.9 Å². The van der Waals surface area contributed by atoms with Crippen LogP contribution in [0, 0.1) is 0 Å². The van der Waals surface area contributed by atoms with Gasteiger partial charge in [0.15, 0.2) is 5.54 Å². The SMILES string of the molecule is CC1(c2cc3ccccc3o2)NC(=O)N(Cc2ccc(Br)cc2)C1=O. The number of amides is 3. The molecule has 0 radical (unpaired) electrons. The van der Waals surface area contributed by atoms with Gasteiger partial charge in [0.1, 0.15) is 11.3 Å². The van der Waals surface area contributed by atoms with E-state index < -0.39 is 11.6 Å². The number of halogens is 1. The zero-order valence-electron chi connectivity index (χ0n) is 13.5. The van der Waals surface area contributed by atoms with E-state index in [1.54, 1.807) is 13.0 Å². The normalized spacial score (nSPS) is 20.3. The molecule has 25 heavy (non-hydrogen) atoms. The van der Waals surface area contributed by atoms with Crippen LogP contribution in [0.15, 0.2) is 63.5 Å². The number of urea groups is 1. The first-order valence-corrected chi connectivity index (χ1v) is 8.64. The van der Waals surface area contributed by atoms with Gasteiger partial charge in [-0.05, 0) is 36.8 Å². The number of para-hydroxylation sites is 1. The Bertz CT molecular complexity index is 947. The molecule has 1 aromatic heterocycles. The van der Waals surface area contributed by atoms with Crippen molar-refractivity contribution >= 4 is 38.8 Å². The van der Waals surface area contributed by atoms with Crippen LogP contribution in [0.4, 0.5) is 4.79 Å².